The first-order valence-electron chi connectivity index (χ1n) is 4.99. The quantitative estimate of drug-likeness (QED) is 0.725. The van der Waals surface area contributed by atoms with Gasteiger partial charge in [-0.2, -0.15) is 28.8 Å². The van der Waals surface area contributed by atoms with Gasteiger partial charge in [0.1, 0.15) is 0 Å². The lowest BCUT2D eigenvalue weighted by Gasteiger charge is -2.29. The fourth-order valence-corrected chi connectivity index (χ4v) is 3.92. The lowest BCUT2D eigenvalue weighted by Crippen LogP contribution is -2.46. The van der Waals surface area contributed by atoms with Crippen molar-refractivity contribution in [1.82, 2.24) is 8.61 Å². The molecule has 5 nitrogen and oxygen atoms in total. The van der Waals surface area contributed by atoms with Crippen molar-refractivity contribution in [2.45, 2.75) is 6.42 Å². The molecular formula is C8H18N2O3S2. The molecule has 0 aromatic carbocycles. The molecule has 0 aromatic rings. The molecule has 0 atom stereocenters. The second kappa shape index (κ2) is 6.05. The Hall–Kier alpha value is 0.180. The summed E-state index contributed by atoms with van der Waals surface area (Å²) in [6, 6.07) is 0. The van der Waals surface area contributed by atoms with Crippen molar-refractivity contribution in [3.05, 3.63) is 0 Å². The number of aliphatic hydroxyl groups is 1. The molecule has 1 aliphatic heterocycles. The van der Waals surface area contributed by atoms with Crippen LogP contribution in [0.25, 0.3) is 0 Å². The summed E-state index contributed by atoms with van der Waals surface area (Å²) in [7, 11) is -1.73. The maximum absolute atomic E-state index is 12.0. The number of hydrogen-bond donors (Lipinski definition) is 1. The van der Waals surface area contributed by atoms with Crippen molar-refractivity contribution in [2.75, 3.05) is 44.8 Å². The highest BCUT2D eigenvalue weighted by Crippen LogP contribution is 2.15. The molecule has 0 bridgehead atoms. The Kier molecular flexibility index (Phi) is 5.34. The van der Waals surface area contributed by atoms with Gasteiger partial charge in [-0.15, -0.1) is 0 Å². The number of nitrogens with zero attached hydrogens (tertiary/aromatic N) is 2. The van der Waals surface area contributed by atoms with E-state index in [-0.39, 0.29) is 6.61 Å². The molecule has 0 aliphatic carbocycles. The smallest absolute Gasteiger partial charge is 0.281 e. The molecule has 1 fully saturated rings. The Morgan fingerprint density at radius 3 is 2.53 bits per heavy atom. The number of aliphatic hydroxyl groups excluding tert-OH is 1. The van der Waals surface area contributed by atoms with E-state index in [1.165, 1.54) is 8.61 Å². The van der Waals surface area contributed by atoms with E-state index < -0.39 is 10.2 Å². The summed E-state index contributed by atoms with van der Waals surface area (Å²) in [5.74, 6) is 1.74. The average Bonchev–Trinajstić information content (AvgIpc) is 2.27. The van der Waals surface area contributed by atoms with Crippen molar-refractivity contribution in [1.29, 1.82) is 0 Å². The molecule has 0 aromatic heterocycles. The summed E-state index contributed by atoms with van der Waals surface area (Å²) in [4.78, 5) is 0. The van der Waals surface area contributed by atoms with Gasteiger partial charge in [0, 0.05) is 44.8 Å². The van der Waals surface area contributed by atoms with Crippen molar-refractivity contribution in [2.24, 2.45) is 0 Å². The van der Waals surface area contributed by atoms with E-state index in [9.17, 15) is 8.42 Å². The van der Waals surface area contributed by atoms with Gasteiger partial charge in [-0.1, -0.05) is 0 Å². The van der Waals surface area contributed by atoms with Gasteiger partial charge in [0.05, 0.1) is 0 Å². The van der Waals surface area contributed by atoms with Crippen molar-refractivity contribution >= 4 is 22.0 Å². The van der Waals surface area contributed by atoms with Crippen LogP contribution in [-0.2, 0) is 10.2 Å². The number of hydrogen-bond acceptors (Lipinski definition) is 4. The topological polar surface area (TPSA) is 60.9 Å². The molecule has 0 spiro atoms. The molecular weight excluding hydrogens is 236 g/mol. The highest BCUT2D eigenvalue weighted by Gasteiger charge is 2.27. The first kappa shape index (κ1) is 13.2. The summed E-state index contributed by atoms with van der Waals surface area (Å²) < 4.78 is 26.7. The first-order chi connectivity index (χ1) is 7.09. The number of rotatable bonds is 5. The zero-order valence-corrected chi connectivity index (χ0v) is 10.6. The summed E-state index contributed by atoms with van der Waals surface area (Å²) in [6.07, 6.45) is 0.484. The fourth-order valence-electron chi connectivity index (χ4n) is 1.38. The molecule has 7 heteroatoms. The van der Waals surface area contributed by atoms with Gasteiger partial charge in [0.2, 0.25) is 0 Å². The molecule has 0 amide bonds. The van der Waals surface area contributed by atoms with E-state index in [1.807, 2.05) is 0 Å². The maximum atomic E-state index is 12.0. The molecule has 0 unspecified atom stereocenters. The second-order valence-electron chi connectivity index (χ2n) is 3.42. The molecule has 1 aliphatic rings. The van der Waals surface area contributed by atoms with Crippen LogP contribution in [0.15, 0.2) is 0 Å². The van der Waals surface area contributed by atoms with Crippen LogP contribution in [0.1, 0.15) is 6.42 Å². The summed E-state index contributed by atoms with van der Waals surface area (Å²) in [5, 5.41) is 8.65. The van der Waals surface area contributed by atoms with Crippen LogP contribution in [0.4, 0.5) is 0 Å². The van der Waals surface area contributed by atoms with Gasteiger partial charge in [-0.3, -0.25) is 0 Å². The summed E-state index contributed by atoms with van der Waals surface area (Å²) >= 11 is 1.78. The predicted octanol–water partition coefficient (Wildman–Crippen LogP) is -0.406. The Balaban J connectivity index is 2.55. The van der Waals surface area contributed by atoms with Crippen LogP contribution < -0.4 is 0 Å². The fraction of sp³-hybridized carbons (Fsp3) is 1.00. The third-order valence-corrected chi connectivity index (χ3v) is 5.25. The van der Waals surface area contributed by atoms with E-state index >= 15 is 0 Å². The maximum Gasteiger partial charge on any atom is 0.281 e. The zero-order valence-electron chi connectivity index (χ0n) is 8.92. The van der Waals surface area contributed by atoms with Crippen LogP contribution in [-0.4, -0.2) is 66.9 Å². The van der Waals surface area contributed by atoms with Crippen LogP contribution in [0.3, 0.4) is 0 Å². The van der Waals surface area contributed by atoms with E-state index in [0.717, 1.165) is 11.5 Å². The SMILES string of the molecule is CN(CCCO)S(=O)(=O)N1CCSCC1. The molecule has 15 heavy (non-hydrogen) atoms. The molecule has 1 rings (SSSR count). The molecule has 0 saturated carbocycles. The van der Waals surface area contributed by atoms with Crippen LogP contribution in [0, 0.1) is 0 Å². The van der Waals surface area contributed by atoms with Gasteiger partial charge in [-0.05, 0) is 6.42 Å². The van der Waals surface area contributed by atoms with E-state index in [4.69, 9.17) is 5.11 Å². The van der Waals surface area contributed by atoms with Gasteiger partial charge in [0.25, 0.3) is 10.2 Å². The Morgan fingerprint density at radius 2 is 2.00 bits per heavy atom. The monoisotopic (exact) mass is 254 g/mol. The predicted molar refractivity (Wildman–Crippen MR) is 62.2 cm³/mol. The third kappa shape index (κ3) is 3.60. The molecule has 1 heterocycles. The summed E-state index contributed by atoms with van der Waals surface area (Å²) in [5.41, 5.74) is 0. The van der Waals surface area contributed by atoms with E-state index in [2.05, 4.69) is 0 Å². The minimum atomic E-state index is -3.29. The minimum absolute atomic E-state index is 0.0235. The van der Waals surface area contributed by atoms with Gasteiger partial charge in [-0.25, -0.2) is 0 Å². The van der Waals surface area contributed by atoms with Gasteiger partial charge >= 0.3 is 0 Å². The normalized spacial score (nSPS) is 19.7. The highest BCUT2D eigenvalue weighted by molar-refractivity contribution is 7.99. The minimum Gasteiger partial charge on any atom is -0.396 e. The third-order valence-electron chi connectivity index (χ3n) is 2.32. The highest BCUT2D eigenvalue weighted by atomic mass is 32.2. The van der Waals surface area contributed by atoms with Crippen LogP contribution in [0.5, 0.6) is 0 Å². The van der Waals surface area contributed by atoms with Crippen molar-refractivity contribution in [3.63, 3.8) is 0 Å². The first-order valence-corrected chi connectivity index (χ1v) is 7.54. The van der Waals surface area contributed by atoms with E-state index in [0.29, 0.717) is 26.1 Å². The molecule has 0 radical (unpaired) electrons. The molecule has 1 saturated heterocycles. The lowest BCUT2D eigenvalue weighted by atomic mass is 10.5. The Bertz CT molecular complexity index is 276. The van der Waals surface area contributed by atoms with Gasteiger partial charge in [0.15, 0.2) is 0 Å². The largest absolute Gasteiger partial charge is 0.396 e. The van der Waals surface area contributed by atoms with Gasteiger partial charge < -0.3 is 5.11 Å². The van der Waals surface area contributed by atoms with E-state index in [1.54, 1.807) is 18.8 Å². The van der Waals surface area contributed by atoms with Crippen LogP contribution >= 0.6 is 11.8 Å². The Labute approximate surface area is 95.6 Å². The Morgan fingerprint density at radius 1 is 1.40 bits per heavy atom. The average molecular weight is 254 g/mol. The van der Waals surface area contributed by atoms with Crippen molar-refractivity contribution < 1.29 is 13.5 Å². The summed E-state index contributed by atoms with van der Waals surface area (Å²) in [6.45, 7) is 1.59. The zero-order chi connectivity index (χ0) is 11.3. The molecule has 90 valence electrons. The second-order valence-corrected chi connectivity index (χ2v) is 6.68. The van der Waals surface area contributed by atoms with Crippen LogP contribution in [0.2, 0.25) is 0 Å². The standard InChI is InChI=1S/C8H18N2O3S2/c1-9(3-2-6-11)15(12,13)10-4-7-14-8-5-10/h11H,2-8H2,1H3. The van der Waals surface area contributed by atoms with Crippen molar-refractivity contribution in [3.8, 4) is 0 Å². The molecule has 1 N–H and O–H groups in total. The lowest BCUT2D eigenvalue weighted by molar-refractivity contribution is 0.272. The number of thioether (sulfide) groups is 1.